The average molecular weight is 913 g/mol. The summed E-state index contributed by atoms with van der Waals surface area (Å²) < 4.78 is 47.6. The molecule has 4 saturated heterocycles. The summed E-state index contributed by atoms with van der Waals surface area (Å²) in [6, 6.07) is 0. The molecule has 64 heavy (non-hydrogen) atoms. The van der Waals surface area contributed by atoms with E-state index in [-0.39, 0.29) is 64.7 Å². The summed E-state index contributed by atoms with van der Waals surface area (Å²) in [5.74, 6) is 1.08. The van der Waals surface area contributed by atoms with Crippen molar-refractivity contribution >= 4 is 17.5 Å². The van der Waals surface area contributed by atoms with Gasteiger partial charge in [-0.1, -0.05) is 13.8 Å². The van der Waals surface area contributed by atoms with Crippen molar-refractivity contribution in [1.82, 2.24) is 0 Å². The molecule has 4 heterocycles. The zero-order chi connectivity index (χ0) is 46.0. The van der Waals surface area contributed by atoms with E-state index >= 15 is 0 Å². The Bertz CT molecular complexity index is 1680. The molecule has 18 heteroatoms. The maximum atomic E-state index is 14.9. The number of fused-ring (bicyclic) bond motifs is 3. The topological polar surface area (TPSA) is 267 Å². The second-order valence-corrected chi connectivity index (χ2v) is 21.1. The Hall–Kier alpha value is -1.75. The highest BCUT2D eigenvalue weighted by Crippen LogP contribution is 2.71. The second-order valence-electron chi connectivity index (χ2n) is 21.1. The van der Waals surface area contributed by atoms with E-state index < -0.39 is 105 Å². The first-order valence-corrected chi connectivity index (χ1v) is 23.7. The van der Waals surface area contributed by atoms with Crippen LogP contribution in [0.25, 0.3) is 0 Å². The van der Waals surface area contributed by atoms with Crippen molar-refractivity contribution in [3.8, 4) is 0 Å². The molecular formula is C46H72O18. The number of ketones is 2. The minimum absolute atomic E-state index is 0.0806. The van der Waals surface area contributed by atoms with Gasteiger partial charge in [-0.25, -0.2) is 0 Å². The van der Waals surface area contributed by atoms with Crippen LogP contribution in [0, 0.1) is 45.8 Å². The minimum atomic E-state index is -1.74. The molecule has 4 aliphatic carbocycles. The Kier molecular flexibility index (Phi) is 14.4. The standard InChI is InChI=1S/C46H72O18/c1-21(48)14-25-26-7-13-46-12-6-24(15-23-16-32(49)58-19-23)44(3,43(46)56)11-9-31(46)45(26,4)10-8-27(25)61-33-17-28(57-5)40(22(2)60-33)64-42-39(55)37(53)35(51)30(63-42)20-59-41-38(54)36(52)34(50)29(18-47)62-41/h22-31,33-42,47,50-55H,6-20H2,1-5H3/t22-,23?,24-,25-,26+,27+,28-,29-,30-,31+,33-,34-,35-,36+,37+,38-,39-,40-,41-,42+,44-,45+,46-/m1/s1. The second kappa shape index (κ2) is 19.0. The number of rotatable bonds is 13. The van der Waals surface area contributed by atoms with Crippen LogP contribution >= 0.6 is 0 Å². The first-order valence-electron chi connectivity index (χ1n) is 23.7. The van der Waals surface area contributed by atoms with Crippen molar-refractivity contribution in [2.24, 2.45) is 45.8 Å². The zero-order valence-electron chi connectivity index (χ0n) is 37.8. The summed E-state index contributed by atoms with van der Waals surface area (Å²) in [5, 5.41) is 72.8. The van der Waals surface area contributed by atoms with Gasteiger partial charge in [0.05, 0.1) is 44.6 Å². The summed E-state index contributed by atoms with van der Waals surface area (Å²) >= 11 is 0. The SMILES string of the molecule is CO[C@@H]1C[C@@H](O[C@H]2CC[C@]3(C)[C@@H]4CC[C@@]5(C)C(=O)[C@]4(CC[C@@H]5CC4COC(=O)C4)CC[C@H]3[C@H]2CC(C)=O)O[C@H](C)[C@H]1O[C@@H]1O[C@H](CO[C@@H]2O[C@H](CO)[C@@H](O)[C@H](O)[C@H]2O)[C@@H](O)[C@H](O)[C@H]1O. The van der Waals surface area contributed by atoms with E-state index in [2.05, 4.69) is 13.8 Å². The fraction of sp³-hybridized carbons (Fsp3) is 0.935. The van der Waals surface area contributed by atoms with Crippen LogP contribution in [0.3, 0.4) is 0 Å². The van der Waals surface area contributed by atoms with E-state index in [9.17, 15) is 50.1 Å². The van der Waals surface area contributed by atoms with E-state index in [1.807, 2.05) is 0 Å². The molecule has 0 aromatic carbocycles. The van der Waals surface area contributed by atoms with Crippen molar-refractivity contribution in [3.63, 3.8) is 0 Å². The van der Waals surface area contributed by atoms with E-state index in [1.54, 1.807) is 13.8 Å². The number of carbonyl (C=O) groups is 3. The summed E-state index contributed by atoms with van der Waals surface area (Å²) in [4.78, 5) is 39.8. The van der Waals surface area contributed by atoms with Gasteiger partial charge in [0.1, 0.15) is 66.5 Å². The largest absolute Gasteiger partial charge is 0.465 e. The molecule has 0 amide bonds. The first-order chi connectivity index (χ1) is 30.3. The average Bonchev–Trinajstić information content (AvgIpc) is 3.68. The fourth-order valence-corrected chi connectivity index (χ4v) is 14.0. The molecule has 1 unspecified atom stereocenters. The number of carbonyl (C=O) groups excluding carboxylic acids is 3. The number of aliphatic hydroxyl groups excluding tert-OH is 7. The number of aliphatic hydroxyl groups is 7. The molecule has 0 aromatic rings. The highest BCUT2D eigenvalue weighted by atomic mass is 16.8. The fourth-order valence-electron chi connectivity index (χ4n) is 14.0. The van der Waals surface area contributed by atoms with Crippen LogP contribution < -0.4 is 0 Å². The molecule has 0 aromatic heterocycles. The maximum Gasteiger partial charge on any atom is 0.306 e. The third kappa shape index (κ3) is 8.66. The maximum absolute atomic E-state index is 14.9. The van der Waals surface area contributed by atoms with Gasteiger partial charge in [-0.3, -0.25) is 9.59 Å². The quantitative estimate of drug-likeness (QED) is 0.0989. The summed E-state index contributed by atoms with van der Waals surface area (Å²) in [6.45, 7) is 7.21. The smallest absolute Gasteiger partial charge is 0.306 e. The molecule has 1 spiro atoms. The normalized spacial score (nSPS) is 51.8. The van der Waals surface area contributed by atoms with Crippen molar-refractivity contribution in [3.05, 3.63) is 0 Å². The number of hydrogen-bond acceptors (Lipinski definition) is 18. The van der Waals surface area contributed by atoms with Gasteiger partial charge in [0.25, 0.3) is 0 Å². The molecule has 23 atom stereocenters. The predicted octanol–water partition coefficient (Wildman–Crippen LogP) is 0.671. The third-order valence-electron chi connectivity index (χ3n) is 17.5. The number of cyclic esters (lactones) is 1. The van der Waals surface area contributed by atoms with E-state index in [0.29, 0.717) is 31.7 Å². The van der Waals surface area contributed by atoms with Crippen LogP contribution in [-0.2, 0) is 52.3 Å². The van der Waals surface area contributed by atoms with Gasteiger partial charge in [0.2, 0.25) is 0 Å². The first kappa shape index (κ1) is 48.7. The number of ether oxygens (including phenoxy) is 8. The minimum Gasteiger partial charge on any atom is -0.465 e. The van der Waals surface area contributed by atoms with Gasteiger partial charge in [0, 0.05) is 36.7 Å². The van der Waals surface area contributed by atoms with Crippen molar-refractivity contribution in [2.45, 2.75) is 197 Å². The van der Waals surface area contributed by atoms with Gasteiger partial charge in [-0.15, -0.1) is 0 Å². The lowest BCUT2D eigenvalue weighted by Crippen LogP contribution is -2.66. The molecule has 18 nitrogen and oxygen atoms in total. The van der Waals surface area contributed by atoms with Gasteiger partial charge < -0.3 is 78.4 Å². The Balaban J connectivity index is 0.907. The lowest BCUT2D eigenvalue weighted by Gasteiger charge is -2.67. The van der Waals surface area contributed by atoms with E-state index in [1.165, 1.54) is 7.11 Å². The van der Waals surface area contributed by atoms with Crippen LogP contribution in [0.4, 0.5) is 0 Å². The Labute approximate surface area is 374 Å². The monoisotopic (exact) mass is 912 g/mol. The Morgan fingerprint density at radius 3 is 2.16 bits per heavy atom. The molecule has 7 N–H and O–H groups in total. The number of esters is 1. The Morgan fingerprint density at radius 1 is 0.797 bits per heavy atom. The van der Waals surface area contributed by atoms with Crippen molar-refractivity contribution < 1.29 is 88.0 Å². The summed E-state index contributed by atoms with van der Waals surface area (Å²) in [6.07, 6.45) is -10.1. The third-order valence-corrected chi connectivity index (χ3v) is 17.5. The van der Waals surface area contributed by atoms with E-state index in [4.69, 9.17) is 37.9 Å². The highest BCUT2D eigenvalue weighted by molar-refractivity contribution is 5.92. The molecule has 8 fully saturated rings. The molecule has 8 aliphatic rings. The van der Waals surface area contributed by atoms with Crippen LogP contribution in [0.2, 0.25) is 0 Å². The van der Waals surface area contributed by atoms with Crippen LogP contribution in [0.1, 0.15) is 105 Å². The highest BCUT2D eigenvalue weighted by Gasteiger charge is 2.68. The summed E-state index contributed by atoms with van der Waals surface area (Å²) in [7, 11) is 1.51. The van der Waals surface area contributed by atoms with Gasteiger partial charge in [-0.2, -0.15) is 0 Å². The molecule has 2 bridgehead atoms. The number of Topliss-reactive ketones (excluding diaryl/α,β-unsaturated/α-hetero) is 2. The number of methoxy groups -OCH3 is 1. The van der Waals surface area contributed by atoms with Crippen LogP contribution in [0.5, 0.6) is 0 Å². The molecule has 4 saturated carbocycles. The Morgan fingerprint density at radius 2 is 1.48 bits per heavy atom. The molecule has 8 rings (SSSR count). The molecular weight excluding hydrogens is 840 g/mol. The molecule has 0 radical (unpaired) electrons. The van der Waals surface area contributed by atoms with E-state index in [0.717, 1.165) is 51.4 Å². The van der Waals surface area contributed by atoms with Crippen molar-refractivity contribution in [1.29, 1.82) is 0 Å². The van der Waals surface area contributed by atoms with Crippen molar-refractivity contribution in [2.75, 3.05) is 26.9 Å². The predicted molar refractivity (Wildman–Crippen MR) is 219 cm³/mol. The molecule has 4 aliphatic heterocycles. The zero-order valence-corrected chi connectivity index (χ0v) is 37.8. The summed E-state index contributed by atoms with van der Waals surface area (Å²) in [5.41, 5.74) is -0.943. The lowest BCUT2D eigenvalue weighted by atomic mass is 9.36. The van der Waals surface area contributed by atoms with Gasteiger partial charge >= 0.3 is 5.97 Å². The number of hydrogen-bond donors (Lipinski definition) is 7. The lowest BCUT2D eigenvalue weighted by molar-refractivity contribution is -0.355. The van der Waals surface area contributed by atoms with Gasteiger partial charge in [0.15, 0.2) is 18.9 Å². The molecule has 364 valence electrons. The van der Waals surface area contributed by atoms with Crippen LogP contribution in [0.15, 0.2) is 0 Å². The van der Waals surface area contributed by atoms with Crippen LogP contribution in [-0.4, -0.2) is 172 Å². The van der Waals surface area contributed by atoms with Gasteiger partial charge in [-0.05, 0) is 101 Å².